The van der Waals surface area contributed by atoms with Crippen molar-refractivity contribution in [2.24, 2.45) is 0 Å². The molecular weight excluding hydrogens is 238 g/mol. The highest BCUT2D eigenvalue weighted by Gasteiger charge is 2.40. The number of halogens is 1. The molecule has 3 unspecified atom stereocenters. The lowest BCUT2D eigenvalue weighted by atomic mass is 9.88. The van der Waals surface area contributed by atoms with Crippen molar-refractivity contribution in [3.05, 3.63) is 23.8 Å². The van der Waals surface area contributed by atoms with Crippen LogP contribution >= 0.6 is 11.6 Å². The van der Waals surface area contributed by atoms with E-state index < -0.39 is 4.87 Å². The summed E-state index contributed by atoms with van der Waals surface area (Å²) in [5.41, 5.74) is 1.06. The van der Waals surface area contributed by atoms with E-state index >= 15 is 0 Å². The van der Waals surface area contributed by atoms with Crippen molar-refractivity contribution in [2.45, 2.75) is 44.8 Å². The summed E-state index contributed by atoms with van der Waals surface area (Å²) < 4.78 is 5.26. The number of ether oxygens (including phenoxy) is 1. The zero-order chi connectivity index (χ0) is 13.2. The fraction of sp³-hybridized carbons (Fsp3) is 0.615. The second-order valence-electron chi connectivity index (χ2n) is 4.58. The highest BCUT2D eigenvalue weighted by Crippen LogP contribution is 2.34. The lowest BCUT2D eigenvalue weighted by Gasteiger charge is -2.43. The first-order valence-corrected chi connectivity index (χ1v) is 6.05. The second kappa shape index (κ2) is 5.23. The summed E-state index contributed by atoms with van der Waals surface area (Å²) in [6.45, 7) is 7.27. The van der Waals surface area contributed by atoms with E-state index in [2.05, 4.69) is 0 Å². The molecule has 0 spiro atoms. The van der Waals surface area contributed by atoms with E-state index in [-0.39, 0.29) is 18.2 Å². The molecule has 1 aliphatic carbocycles. The summed E-state index contributed by atoms with van der Waals surface area (Å²) in [7, 11) is 1.59. The zero-order valence-corrected chi connectivity index (χ0v) is 11.8. The highest BCUT2D eigenvalue weighted by molar-refractivity contribution is 6.26. The molecule has 1 aliphatic rings. The third-order valence-electron chi connectivity index (χ3n) is 3.12. The molecule has 17 heavy (non-hydrogen) atoms. The molecule has 0 fully saturated rings. The van der Waals surface area contributed by atoms with E-state index in [0.29, 0.717) is 0 Å². The van der Waals surface area contributed by atoms with E-state index in [0.717, 1.165) is 5.57 Å². The summed E-state index contributed by atoms with van der Waals surface area (Å²) in [5.74, 6) is -0.0423. The zero-order valence-electron chi connectivity index (χ0n) is 11.0. The molecule has 3 nitrogen and oxygen atoms in total. The van der Waals surface area contributed by atoms with Crippen LogP contribution in [0.2, 0.25) is 0 Å². The van der Waals surface area contributed by atoms with Crippen LogP contribution in [-0.4, -0.2) is 35.1 Å². The summed E-state index contributed by atoms with van der Waals surface area (Å²) in [4.78, 5) is 12.9. The Morgan fingerprint density at radius 1 is 1.65 bits per heavy atom. The molecule has 0 aliphatic heterocycles. The Kier molecular flexibility index (Phi) is 4.39. The van der Waals surface area contributed by atoms with E-state index in [9.17, 15) is 4.79 Å². The number of hydrogen-bond acceptors (Lipinski definition) is 2. The fourth-order valence-electron chi connectivity index (χ4n) is 2.27. The SMILES string of the molecule is COC(C)N(C(C)=O)C1C(C)=CC=CC1(C)Cl. The van der Waals surface area contributed by atoms with Gasteiger partial charge in [0.2, 0.25) is 5.91 Å². The molecule has 0 N–H and O–H groups in total. The predicted octanol–water partition coefficient (Wildman–Crippen LogP) is 2.71. The molecule has 0 saturated carbocycles. The van der Waals surface area contributed by atoms with Crippen LogP contribution in [0.25, 0.3) is 0 Å². The van der Waals surface area contributed by atoms with Crippen LogP contribution in [0, 0.1) is 0 Å². The standard InChI is InChI=1S/C13H20ClNO2/c1-9-7-6-8-13(4,14)12(9)15(10(2)16)11(3)17-5/h6-8,11-12H,1-5H3. The first-order chi connectivity index (χ1) is 7.81. The minimum absolute atomic E-state index is 0.0423. The summed E-state index contributed by atoms with van der Waals surface area (Å²) in [6, 6.07) is -0.179. The van der Waals surface area contributed by atoms with E-state index in [1.165, 1.54) is 6.92 Å². The van der Waals surface area contributed by atoms with Crippen LogP contribution < -0.4 is 0 Å². The number of alkyl halides is 1. The number of methoxy groups -OCH3 is 1. The van der Waals surface area contributed by atoms with Gasteiger partial charge < -0.3 is 9.64 Å². The van der Waals surface area contributed by atoms with Crippen LogP contribution in [0.1, 0.15) is 27.7 Å². The maximum absolute atomic E-state index is 11.8. The molecule has 0 aromatic rings. The Morgan fingerprint density at radius 2 is 2.24 bits per heavy atom. The average Bonchev–Trinajstić information content (AvgIpc) is 2.21. The van der Waals surface area contributed by atoms with Gasteiger partial charge in [-0.25, -0.2) is 0 Å². The lowest BCUT2D eigenvalue weighted by Crippen LogP contribution is -2.54. The Balaban J connectivity index is 3.13. The lowest BCUT2D eigenvalue weighted by molar-refractivity contribution is -0.144. The van der Waals surface area contributed by atoms with Crippen molar-refractivity contribution in [2.75, 3.05) is 7.11 Å². The molecular formula is C13H20ClNO2. The number of allylic oxidation sites excluding steroid dienone is 2. The maximum Gasteiger partial charge on any atom is 0.222 e. The summed E-state index contributed by atoms with van der Waals surface area (Å²) >= 11 is 6.50. The van der Waals surface area contributed by atoms with Crippen molar-refractivity contribution >= 4 is 17.5 Å². The Morgan fingerprint density at radius 3 is 2.65 bits per heavy atom. The third-order valence-corrected chi connectivity index (χ3v) is 3.45. The van der Waals surface area contributed by atoms with Crippen LogP contribution in [0.3, 0.4) is 0 Å². The van der Waals surface area contributed by atoms with E-state index in [4.69, 9.17) is 16.3 Å². The molecule has 0 aromatic carbocycles. The monoisotopic (exact) mass is 257 g/mol. The number of rotatable bonds is 3. The molecule has 0 bridgehead atoms. The molecule has 96 valence electrons. The quantitative estimate of drug-likeness (QED) is 0.575. The van der Waals surface area contributed by atoms with Gasteiger partial charge in [0.1, 0.15) is 6.23 Å². The van der Waals surface area contributed by atoms with Gasteiger partial charge in [-0.2, -0.15) is 0 Å². The predicted molar refractivity (Wildman–Crippen MR) is 69.9 cm³/mol. The average molecular weight is 258 g/mol. The topological polar surface area (TPSA) is 29.5 Å². The molecule has 0 saturated heterocycles. The highest BCUT2D eigenvalue weighted by atomic mass is 35.5. The first kappa shape index (κ1) is 14.3. The minimum atomic E-state index is -0.600. The van der Waals surface area contributed by atoms with Crippen molar-refractivity contribution in [1.82, 2.24) is 4.90 Å². The largest absolute Gasteiger partial charge is 0.362 e. The van der Waals surface area contributed by atoms with Crippen molar-refractivity contribution in [1.29, 1.82) is 0 Å². The number of hydrogen-bond donors (Lipinski definition) is 0. The summed E-state index contributed by atoms with van der Waals surface area (Å²) in [5, 5.41) is 0. The number of carbonyl (C=O) groups is 1. The van der Waals surface area contributed by atoms with Gasteiger partial charge in [0.15, 0.2) is 0 Å². The van der Waals surface area contributed by atoms with Gasteiger partial charge in [-0.05, 0) is 26.3 Å². The van der Waals surface area contributed by atoms with Gasteiger partial charge in [-0.15, -0.1) is 11.6 Å². The molecule has 1 rings (SSSR count). The third kappa shape index (κ3) is 2.90. The maximum atomic E-state index is 11.8. The van der Waals surface area contributed by atoms with E-state index in [1.54, 1.807) is 12.0 Å². The number of nitrogens with zero attached hydrogens (tertiary/aromatic N) is 1. The molecule has 1 amide bonds. The second-order valence-corrected chi connectivity index (χ2v) is 5.40. The van der Waals surface area contributed by atoms with Crippen LogP contribution in [0.5, 0.6) is 0 Å². The van der Waals surface area contributed by atoms with Crippen LogP contribution in [-0.2, 0) is 9.53 Å². The normalized spacial score (nSPS) is 29.8. The Hall–Kier alpha value is -0.800. The van der Waals surface area contributed by atoms with Crippen LogP contribution in [0.4, 0.5) is 0 Å². The van der Waals surface area contributed by atoms with Gasteiger partial charge in [0.25, 0.3) is 0 Å². The van der Waals surface area contributed by atoms with Gasteiger partial charge in [0.05, 0.1) is 10.9 Å². The number of carbonyl (C=O) groups excluding carboxylic acids is 1. The molecule has 3 atom stereocenters. The van der Waals surface area contributed by atoms with Gasteiger partial charge in [0, 0.05) is 14.0 Å². The Labute approximate surface area is 108 Å². The molecule has 4 heteroatoms. The van der Waals surface area contributed by atoms with E-state index in [1.807, 2.05) is 39.0 Å². The van der Waals surface area contributed by atoms with Crippen molar-refractivity contribution in [3.63, 3.8) is 0 Å². The van der Waals surface area contributed by atoms with Gasteiger partial charge in [-0.1, -0.05) is 18.2 Å². The van der Waals surface area contributed by atoms with Crippen molar-refractivity contribution in [3.8, 4) is 0 Å². The number of amides is 1. The van der Waals surface area contributed by atoms with Gasteiger partial charge >= 0.3 is 0 Å². The Bertz CT molecular complexity index is 360. The fourth-order valence-corrected chi connectivity index (χ4v) is 2.62. The van der Waals surface area contributed by atoms with Crippen LogP contribution in [0.15, 0.2) is 23.8 Å². The smallest absolute Gasteiger partial charge is 0.222 e. The molecule has 0 heterocycles. The molecule has 0 radical (unpaired) electrons. The first-order valence-electron chi connectivity index (χ1n) is 5.68. The van der Waals surface area contributed by atoms with Gasteiger partial charge in [-0.3, -0.25) is 4.79 Å². The van der Waals surface area contributed by atoms with Crippen molar-refractivity contribution < 1.29 is 9.53 Å². The minimum Gasteiger partial charge on any atom is -0.362 e. The summed E-state index contributed by atoms with van der Waals surface area (Å²) in [6.07, 6.45) is 5.51. The molecule has 0 aromatic heterocycles.